The van der Waals surface area contributed by atoms with Crippen LogP contribution in [0.15, 0.2) is 48.5 Å². The number of ether oxygens (including phenoxy) is 1. The second-order valence-electron chi connectivity index (χ2n) is 8.80. The van der Waals surface area contributed by atoms with Crippen LogP contribution in [0.3, 0.4) is 0 Å². The van der Waals surface area contributed by atoms with E-state index in [9.17, 15) is 19.2 Å². The molecule has 2 aromatic carbocycles. The summed E-state index contributed by atoms with van der Waals surface area (Å²) in [7, 11) is 0. The predicted octanol–water partition coefficient (Wildman–Crippen LogP) is 5.34. The van der Waals surface area contributed by atoms with Gasteiger partial charge in [0.15, 0.2) is 0 Å². The van der Waals surface area contributed by atoms with Gasteiger partial charge in [0.05, 0.1) is 11.2 Å². The van der Waals surface area contributed by atoms with E-state index in [4.69, 9.17) is 9.84 Å². The zero-order chi connectivity index (χ0) is 26.2. The number of fused-ring (bicyclic) bond motifs is 1. The molecule has 8 heteroatoms. The van der Waals surface area contributed by atoms with E-state index >= 15 is 0 Å². The van der Waals surface area contributed by atoms with Gasteiger partial charge in [0.2, 0.25) is 5.91 Å². The maximum absolute atomic E-state index is 13.5. The molecule has 1 amide bonds. The summed E-state index contributed by atoms with van der Waals surface area (Å²) in [6.07, 6.45) is 4.08. The van der Waals surface area contributed by atoms with Crippen LogP contribution >= 0.6 is 0 Å². The molecular weight excluding hydrogens is 460 g/mol. The van der Waals surface area contributed by atoms with Crippen molar-refractivity contribution >= 4 is 40.3 Å². The minimum absolute atomic E-state index is 0.159. The lowest BCUT2D eigenvalue weighted by Crippen LogP contribution is -2.30. The normalized spacial score (nSPS) is 10.9. The van der Waals surface area contributed by atoms with Gasteiger partial charge in [-0.2, -0.15) is 0 Å². The first-order valence-electron chi connectivity index (χ1n) is 12.1. The van der Waals surface area contributed by atoms with E-state index in [1.807, 2.05) is 13.0 Å². The monoisotopic (exact) mass is 492 g/mol. The standard InChI is InChI=1S/C28H32N2O6/c1-19-27(29(20(2)31)17-11-6-4-5-10-14-26(33)34)24-18-23(36-21(3)32)15-16-25(24)30(19)28(35)22-12-8-7-9-13-22/h7-9,12-13,15-16,18H,4-6,10-11,14,17H2,1-3H3,(H,33,34). The maximum Gasteiger partial charge on any atom is 0.308 e. The lowest BCUT2D eigenvalue weighted by molar-refractivity contribution is -0.137. The number of amides is 1. The Hall–Kier alpha value is -3.94. The molecule has 1 aromatic heterocycles. The van der Waals surface area contributed by atoms with Crippen molar-refractivity contribution in [1.82, 2.24) is 4.57 Å². The van der Waals surface area contributed by atoms with Gasteiger partial charge in [-0.3, -0.25) is 23.7 Å². The molecule has 0 radical (unpaired) electrons. The number of aliphatic carboxylic acids is 1. The molecule has 0 aliphatic rings. The van der Waals surface area contributed by atoms with Crippen LogP contribution in [0.4, 0.5) is 5.69 Å². The Morgan fingerprint density at radius 1 is 0.917 bits per heavy atom. The Labute approximate surface area is 210 Å². The van der Waals surface area contributed by atoms with Crippen molar-refractivity contribution in [3.05, 3.63) is 59.8 Å². The van der Waals surface area contributed by atoms with Crippen molar-refractivity contribution in [2.75, 3.05) is 11.4 Å². The van der Waals surface area contributed by atoms with Gasteiger partial charge in [0, 0.05) is 43.5 Å². The molecule has 0 saturated carbocycles. The van der Waals surface area contributed by atoms with Gasteiger partial charge in [-0.15, -0.1) is 0 Å². The van der Waals surface area contributed by atoms with E-state index in [-0.39, 0.29) is 18.2 Å². The summed E-state index contributed by atoms with van der Waals surface area (Å²) in [5, 5.41) is 9.42. The third-order valence-corrected chi connectivity index (χ3v) is 6.05. The minimum Gasteiger partial charge on any atom is -0.481 e. The fraction of sp³-hybridized carbons (Fsp3) is 0.357. The highest BCUT2D eigenvalue weighted by molar-refractivity contribution is 6.11. The Morgan fingerprint density at radius 2 is 1.58 bits per heavy atom. The molecule has 0 unspecified atom stereocenters. The number of rotatable bonds is 11. The van der Waals surface area contributed by atoms with E-state index in [2.05, 4.69) is 0 Å². The summed E-state index contributed by atoms with van der Waals surface area (Å²) in [6, 6.07) is 14.0. The highest BCUT2D eigenvalue weighted by atomic mass is 16.5. The van der Waals surface area contributed by atoms with Gasteiger partial charge in [-0.05, 0) is 50.1 Å². The smallest absolute Gasteiger partial charge is 0.308 e. The van der Waals surface area contributed by atoms with E-state index in [1.54, 1.807) is 51.9 Å². The van der Waals surface area contributed by atoms with E-state index in [0.717, 1.165) is 25.7 Å². The van der Waals surface area contributed by atoms with Crippen LogP contribution in [0.2, 0.25) is 0 Å². The first kappa shape index (κ1) is 26.7. The van der Waals surface area contributed by atoms with Crippen molar-refractivity contribution in [2.24, 2.45) is 0 Å². The van der Waals surface area contributed by atoms with E-state index < -0.39 is 11.9 Å². The molecular formula is C28H32N2O6. The number of carbonyl (C=O) groups excluding carboxylic acids is 3. The molecule has 0 bridgehead atoms. The molecule has 36 heavy (non-hydrogen) atoms. The van der Waals surface area contributed by atoms with Crippen LogP contribution in [0, 0.1) is 6.92 Å². The highest BCUT2D eigenvalue weighted by Gasteiger charge is 2.25. The van der Waals surface area contributed by atoms with E-state index in [0.29, 0.717) is 46.6 Å². The number of esters is 1. The summed E-state index contributed by atoms with van der Waals surface area (Å²) in [5.41, 5.74) is 2.37. The predicted molar refractivity (Wildman–Crippen MR) is 138 cm³/mol. The van der Waals surface area contributed by atoms with Gasteiger partial charge in [0.25, 0.3) is 5.91 Å². The zero-order valence-electron chi connectivity index (χ0n) is 21.0. The minimum atomic E-state index is -0.789. The van der Waals surface area contributed by atoms with Gasteiger partial charge < -0.3 is 14.7 Å². The lowest BCUT2D eigenvalue weighted by atomic mass is 10.1. The van der Waals surface area contributed by atoms with Gasteiger partial charge in [0.1, 0.15) is 5.75 Å². The molecule has 3 rings (SSSR count). The van der Waals surface area contributed by atoms with Crippen LogP contribution in [-0.2, 0) is 14.4 Å². The number of anilines is 1. The van der Waals surface area contributed by atoms with Gasteiger partial charge in [-0.1, -0.05) is 37.5 Å². The highest BCUT2D eigenvalue weighted by Crippen LogP contribution is 2.37. The van der Waals surface area contributed by atoms with Crippen LogP contribution in [0.5, 0.6) is 5.75 Å². The summed E-state index contributed by atoms with van der Waals surface area (Å²) in [6.45, 7) is 5.07. The van der Waals surface area contributed by atoms with Crippen molar-refractivity contribution in [2.45, 2.75) is 59.3 Å². The molecule has 3 aromatic rings. The largest absolute Gasteiger partial charge is 0.481 e. The summed E-state index contributed by atoms with van der Waals surface area (Å²) in [5.74, 6) is -1.29. The van der Waals surface area contributed by atoms with E-state index in [1.165, 1.54) is 13.8 Å². The van der Waals surface area contributed by atoms with Gasteiger partial charge >= 0.3 is 11.9 Å². The Bertz CT molecular complexity index is 1260. The number of carboxylic acid groups (broad SMARTS) is 1. The molecule has 1 N–H and O–H groups in total. The first-order valence-corrected chi connectivity index (χ1v) is 12.1. The van der Waals surface area contributed by atoms with Crippen molar-refractivity contribution < 1.29 is 29.0 Å². The molecule has 0 spiro atoms. The van der Waals surface area contributed by atoms with Crippen molar-refractivity contribution in [3.63, 3.8) is 0 Å². The molecule has 1 heterocycles. The molecule has 0 aliphatic heterocycles. The molecule has 0 atom stereocenters. The number of unbranched alkanes of at least 4 members (excludes halogenated alkanes) is 4. The number of aromatic nitrogens is 1. The zero-order valence-corrected chi connectivity index (χ0v) is 21.0. The maximum atomic E-state index is 13.5. The third kappa shape index (κ3) is 6.38. The Morgan fingerprint density at radius 3 is 2.22 bits per heavy atom. The quantitative estimate of drug-likeness (QED) is 0.220. The summed E-state index contributed by atoms with van der Waals surface area (Å²) in [4.78, 5) is 50.2. The second-order valence-corrected chi connectivity index (χ2v) is 8.80. The van der Waals surface area contributed by atoms with Crippen LogP contribution < -0.4 is 9.64 Å². The fourth-order valence-electron chi connectivity index (χ4n) is 4.43. The third-order valence-electron chi connectivity index (χ3n) is 6.05. The number of nitrogens with zero attached hydrogens (tertiary/aromatic N) is 2. The second kappa shape index (κ2) is 12.2. The SMILES string of the molecule is CC(=O)Oc1ccc2c(c1)c(N(CCCCCCCC(=O)O)C(C)=O)c(C)n2C(=O)c1ccccc1. The number of carbonyl (C=O) groups is 4. The topological polar surface area (TPSA) is 106 Å². The molecule has 190 valence electrons. The number of hydrogen-bond acceptors (Lipinski definition) is 5. The van der Waals surface area contributed by atoms with Crippen molar-refractivity contribution in [3.8, 4) is 5.75 Å². The number of hydrogen-bond donors (Lipinski definition) is 1. The summed E-state index contributed by atoms with van der Waals surface area (Å²) >= 11 is 0. The molecule has 8 nitrogen and oxygen atoms in total. The molecule has 0 saturated heterocycles. The summed E-state index contributed by atoms with van der Waals surface area (Å²) < 4.78 is 6.88. The Kier molecular flexibility index (Phi) is 9.00. The van der Waals surface area contributed by atoms with Gasteiger partial charge in [-0.25, -0.2) is 0 Å². The van der Waals surface area contributed by atoms with Crippen LogP contribution in [0.25, 0.3) is 10.9 Å². The molecule has 0 aliphatic carbocycles. The van der Waals surface area contributed by atoms with Crippen molar-refractivity contribution in [1.29, 1.82) is 0 Å². The lowest BCUT2D eigenvalue weighted by Gasteiger charge is -2.22. The van der Waals surface area contributed by atoms with Crippen LogP contribution in [-0.4, -0.2) is 40.0 Å². The first-order chi connectivity index (χ1) is 17.2. The average molecular weight is 493 g/mol. The fourth-order valence-corrected chi connectivity index (χ4v) is 4.43. The van der Waals surface area contributed by atoms with Crippen LogP contribution in [0.1, 0.15) is 68.4 Å². The number of benzene rings is 2. The molecule has 0 fully saturated rings. The Balaban J connectivity index is 1.96. The average Bonchev–Trinajstić information content (AvgIpc) is 3.11. The number of carboxylic acids is 1.